The first-order chi connectivity index (χ1) is 16.3. The molecule has 1 aromatic heterocycles. The SMILES string of the molecule is C[C@H]1CC(=O)c2ncc(N(C(=O)O)C(C)(C)C(F)(F)F)cc2N1S(=O)(=O)c1cccc(C(F)(F)F)c1. The van der Waals surface area contributed by atoms with Gasteiger partial charge in [0.05, 0.1) is 34.1 Å². The number of fused-ring (bicyclic) bond motifs is 1. The number of carbonyl (C=O) groups is 2. The second kappa shape index (κ2) is 8.64. The van der Waals surface area contributed by atoms with Gasteiger partial charge in [0.2, 0.25) is 0 Å². The number of ketones is 1. The zero-order valence-electron chi connectivity index (χ0n) is 18.8. The second-order valence-corrected chi connectivity index (χ2v) is 10.4. The number of amides is 1. The zero-order valence-corrected chi connectivity index (χ0v) is 19.7. The van der Waals surface area contributed by atoms with E-state index in [0.717, 1.165) is 18.2 Å². The number of pyridine rings is 1. The van der Waals surface area contributed by atoms with Gasteiger partial charge < -0.3 is 5.11 Å². The Labute approximate surface area is 201 Å². The van der Waals surface area contributed by atoms with E-state index < -0.39 is 79.8 Å². The Bertz CT molecular complexity index is 1320. The van der Waals surface area contributed by atoms with Crippen LogP contribution >= 0.6 is 0 Å². The molecule has 0 bridgehead atoms. The van der Waals surface area contributed by atoms with Crippen molar-refractivity contribution in [2.75, 3.05) is 9.21 Å². The van der Waals surface area contributed by atoms with Crippen molar-refractivity contribution < 1.29 is 49.5 Å². The van der Waals surface area contributed by atoms with Gasteiger partial charge in [-0.3, -0.25) is 14.0 Å². The summed E-state index contributed by atoms with van der Waals surface area (Å²) in [6.45, 7) is 2.42. The fourth-order valence-electron chi connectivity index (χ4n) is 3.74. The molecule has 0 unspecified atom stereocenters. The number of Topliss-reactive ketones (excluding diaryl/α,β-unsaturated/α-hetero) is 1. The van der Waals surface area contributed by atoms with Gasteiger partial charge >= 0.3 is 18.4 Å². The minimum atomic E-state index is -5.06. The molecule has 0 radical (unpaired) electrons. The lowest BCUT2D eigenvalue weighted by Gasteiger charge is -2.39. The lowest BCUT2D eigenvalue weighted by molar-refractivity contribution is -0.175. The van der Waals surface area contributed by atoms with Gasteiger partial charge in [0.1, 0.15) is 11.2 Å². The highest BCUT2D eigenvalue weighted by Gasteiger charge is 2.54. The molecular formula is C21H19F6N3O5S. The number of alkyl halides is 6. The van der Waals surface area contributed by atoms with Gasteiger partial charge in [-0.15, -0.1) is 0 Å². The molecule has 1 amide bonds. The van der Waals surface area contributed by atoms with Crippen LogP contribution in [-0.2, 0) is 16.2 Å². The molecule has 36 heavy (non-hydrogen) atoms. The summed E-state index contributed by atoms with van der Waals surface area (Å²) < 4.78 is 108. The van der Waals surface area contributed by atoms with E-state index in [2.05, 4.69) is 4.98 Å². The summed E-state index contributed by atoms with van der Waals surface area (Å²) in [6, 6.07) is 2.36. The van der Waals surface area contributed by atoms with Crippen LogP contribution in [0.4, 0.5) is 42.5 Å². The number of carbonyl (C=O) groups excluding carboxylic acids is 1. The summed E-state index contributed by atoms with van der Waals surface area (Å²) in [5.41, 5.74) is -6.00. The molecular weight excluding hydrogens is 520 g/mol. The van der Waals surface area contributed by atoms with Crippen molar-refractivity contribution in [1.29, 1.82) is 0 Å². The second-order valence-electron chi connectivity index (χ2n) is 8.54. The summed E-state index contributed by atoms with van der Waals surface area (Å²) in [5, 5.41) is 9.54. The Morgan fingerprint density at radius 2 is 1.75 bits per heavy atom. The number of rotatable bonds is 4. The Morgan fingerprint density at radius 1 is 1.14 bits per heavy atom. The van der Waals surface area contributed by atoms with Gasteiger partial charge in [0.25, 0.3) is 10.0 Å². The average Bonchev–Trinajstić information content (AvgIpc) is 2.71. The Morgan fingerprint density at radius 3 is 2.28 bits per heavy atom. The quantitative estimate of drug-likeness (QED) is 0.542. The van der Waals surface area contributed by atoms with Crippen molar-refractivity contribution in [1.82, 2.24) is 4.98 Å². The van der Waals surface area contributed by atoms with E-state index in [1.165, 1.54) is 6.92 Å². The molecule has 1 aromatic carbocycles. The van der Waals surface area contributed by atoms with Gasteiger partial charge in [0.15, 0.2) is 5.78 Å². The topological polar surface area (TPSA) is 108 Å². The van der Waals surface area contributed by atoms with Crippen molar-refractivity contribution >= 4 is 33.3 Å². The number of hydrogen-bond acceptors (Lipinski definition) is 5. The van der Waals surface area contributed by atoms with Crippen LogP contribution in [0.1, 0.15) is 43.2 Å². The molecule has 1 atom stereocenters. The third-order valence-corrected chi connectivity index (χ3v) is 7.58. The normalized spacial score (nSPS) is 17.1. The van der Waals surface area contributed by atoms with Crippen molar-refractivity contribution in [2.24, 2.45) is 0 Å². The first kappa shape index (κ1) is 27.2. The minimum Gasteiger partial charge on any atom is -0.465 e. The van der Waals surface area contributed by atoms with E-state index >= 15 is 0 Å². The number of sulfonamides is 1. The van der Waals surface area contributed by atoms with E-state index in [1.807, 2.05) is 0 Å². The van der Waals surface area contributed by atoms with Crippen molar-refractivity contribution in [2.45, 2.75) is 56.0 Å². The van der Waals surface area contributed by atoms with Crippen LogP contribution in [0.5, 0.6) is 0 Å². The van der Waals surface area contributed by atoms with Crippen molar-refractivity contribution in [3.63, 3.8) is 0 Å². The lowest BCUT2D eigenvalue weighted by atomic mass is 9.99. The predicted molar refractivity (Wildman–Crippen MR) is 114 cm³/mol. The largest absolute Gasteiger partial charge is 0.465 e. The maximum atomic E-state index is 13.6. The van der Waals surface area contributed by atoms with Gasteiger partial charge in [-0.05, 0) is 45.0 Å². The van der Waals surface area contributed by atoms with Gasteiger partial charge in [-0.25, -0.2) is 18.2 Å². The van der Waals surface area contributed by atoms with Crippen LogP contribution in [-0.4, -0.2) is 48.1 Å². The summed E-state index contributed by atoms with van der Waals surface area (Å²) in [6.07, 6.45) is -11.7. The zero-order chi connectivity index (χ0) is 27.4. The first-order valence-corrected chi connectivity index (χ1v) is 11.6. The van der Waals surface area contributed by atoms with E-state index in [0.29, 0.717) is 36.5 Å². The molecule has 15 heteroatoms. The van der Waals surface area contributed by atoms with Crippen LogP contribution in [0.15, 0.2) is 41.4 Å². The molecule has 0 fully saturated rings. The number of aromatic nitrogens is 1. The summed E-state index contributed by atoms with van der Waals surface area (Å²) in [7, 11) is -4.80. The molecule has 1 N–H and O–H groups in total. The fraction of sp³-hybridized carbons (Fsp3) is 0.381. The lowest BCUT2D eigenvalue weighted by Crippen LogP contribution is -2.57. The van der Waals surface area contributed by atoms with Gasteiger partial charge in [0, 0.05) is 6.42 Å². The molecule has 3 rings (SSSR count). The number of anilines is 2. The molecule has 196 valence electrons. The third-order valence-electron chi connectivity index (χ3n) is 5.66. The Balaban J connectivity index is 2.24. The van der Waals surface area contributed by atoms with E-state index in [1.54, 1.807) is 0 Å². The van der Waals surface area contributed by atoms with Crippen LogP contribution < -0.4 is 9.21 Å². The molecule has 2 aromatic rings. The van der Waals surface area contributed by atoms with Crippen LogP contribution in [0.2, 0.25) is 0 Å². The van der Waals surface area contributed by atoms with Gasteiger partial charge in [-0.2, -0.15) is 26.3 Å². The Kier molecular flexibility index (Phi) is 6.53. The fourth-order valence-corrected chi connectivity index (χ4v) is 5.44. The van der Waals surface area contributed by atoms with Crippen LogP contribution in [0.25, 0.3) is 0 Å². The molecule has 0 aliphatic carbocycles. The van der Waals surface area contributed by atoms with Gasteiger partial charge in [-0.1, -0.05) is 6.07 Å². The molecule has 8 nitrogen and oxygen atoms in total. The number of carboxylic acid groups (broad SMARTS) is 1. The van der Waals surface area contributed by atoms with Crippen LogP contribution in [0, 0.1) is 0 Å². The summed E-state index contributed by atoms with van der Waals surface area (Å²) >= 11 is 0. The number of hydrogen-bond donors (Lipinski definition) is 1. The molecule has 1 aliphatic rings. The average molecular weight is 539 g/mol. The van der Waals surface area contributed by atoms with Crippen molar-refractivity contribution in [3.8, 4) is 0 Å². The summed E-state index contributed by atoms with van der Waals surface area (Å²) in [5.74, 6) is -0.684. The Hall–Kier alpha value is -3.36. The first-order valence-electron chi connectivity index (χ1n) is 10.1. The maximum absolute atomic E-state index is 13.6. The highest BCUT2D eigenvalue weighted by Crippen LogP contribution is 2.42. The maximum Gasteiger partial charge on any atom is 0.416 e. The smallest absolute Gasteiger partial charge is 0.416 e. The van der Waals surface area contributed by atoms with Crippen molar-refractivity contribution in [3.05, 3.63) is 47.8 Å². The highest BCUT2D eigenvalue weighted by molar-refractivity contribution is 7.92. The highest BCUT2D eigenvalue weighted by atomic mass is 32.2. The van der Waals surface area contributed by atoms with E-state index in [9.17, 15) is 49.5 Å². The standard InChI is InChI=1S/C21H19F6N3O5S/c1-11-7-16(31)17-15(9-13(10-28-17)29(18(32)33)19(2,3)21(25,26)27)30(11)36(34,35)14-6-4-5-12(8-14)20(22,23)24/h4-6,8-11H,7H2,1-3H3,(H,32,33)/t11-/m0/s1. The molecule has 0 saturated heterocycles. The van der Waals surface area contributed by atoms with E-state index in [-0.39, 0.29) is 4.90 Å². The number of nitrogens with zero attached hydrogens (tertiary/aromatic N) is 3. The number of halogens is 6. The summed E-state index contributed by atoms with van der Waals surface area (Å²) in [4.78, 5) is 27.2. The van der Waals surface area contributed by atoms with E-state index in [4.69, 9.17) is 0 Å². The number of benzene rings is 1. The molecule has 0 saturated carbocycles. The molecule has 0 spiro atoms. The van der Waals surface area contributed by atoms with Crippen LogP contribution in [0.3, 0.4) is 0 Å². The molecule has 1 aliphatic heterocycles. The monoisotopic (exact) mass is 539 g/mol. The molecule has 2 heterocycles. The third kappa shape index (κ3) is 4.58. The minimum absolute atomic E-state index is 0.0842. The predicted octanol–water partition coefficient (Wildman–Crippen LogP) is 5.10.